The van der Waals surface area contributed by atoms with Gasteiger partial charge in [-0.1, -0.05) is 142 Å². The van der Waals surface area contributed by atoms with Crippen molar-refractivity contribution in [3.8, 4) is 11.5 Å². The molecule has 0 aliphatic rings. The molecule has 2 amide bonds. The van der Waals surface area contributed by atoms with Gasteiger partial charge in [-0.3, -0.25) is 14.3 Å². The number of ether oxygens (including phenoxy) is 3. The maximum atomic E-state index is 13.2. The minimum absolute atomic E-state index is 0.120. The standard InChI is InChI=1S/C52H91N5O6/c1-4-7-10-13-14-17-20-29-38-57-45-47(55-56-57)33-24-19-16-15-18-21-30-41-63-52(60)46-42-48(61-39-31-22-25-34-50(58)53-36-27-11-8-5-2)44-49(43-46)62-40-32-23-26-35-51(59)54-37-28-12-9-6-3/h42-45H,4-41H2,1-3H3,(H,53,58)(H,54,59). The molecule has 2 N–H and O–H groups in total. The zero-order valence-electron chi connectivity index (χ0n) is 40.5. The molecule has 0 radical (unpaired) electrons. The quantitative estimate of drug-likeness (QED) is 0.0496. The van der Waals surface area contributed by atoms with Gasteiger partial charge in [0.05, 0.1) is 31.1 Å². The van der Waals surface area contributed by atoms with Gasteiger partial charge >= 0.3 is 5.97 Å². The van der Waals surface area contributed by atoms with Gasteiger partial charge in [0.2, 0.25) is 11.8 Å². The second kappa shape index (κ2) is 39.9. The van der Waals surface area contributed by atoms with Gasteiger partial charge in [-0.25, -0.2) is 4.79 Å². The molecule has 0 aliphatic carbocycles. The first kappa shape index (κ1) is 55.5. The Morgan fingerprint density at radius 1 is 0.508 bits per heavy atom. The third kappa shape index (κ3) is 31.8. The van der Waals surface area contributed by atoms with Crippen LogP contribution in [0.2, 0.25) is 0 Å². The van der Waals surface area contributed by atoms with Crippen molar-refractivity contribution < 1.29 is 28.6 Å². The molecule has 11 heteroatoms. The molecular formula is C52H91N5O6. The predicted octanol–water partition coefficient (Wildman–Crippen LogP) is 12.8. The summed E-state index contributed by atoms with van der Waals surface area (Å²) in [6.07, 6.45) is 36.7. The smallest absolute Gasteiger partial charge is 0.338 e. The Morgan fingerprint density at radius 2 is 0.952 bits per heavy atom. The lowest BCUT2D eigenvalue weighted by molar-refractivity contribution is -0.122. The summed E-state index contributed by atoms with van der Waals surface area (Å²) in [5.41, 5.74) is 1.52. The van der Waals surface area contributed by atoms with E-state index in [-0.39, 0.29) is 17.8 Å². The number of aromatic nitrogens is 3. The normalized spacial score (nSPS) is 11.2. The van der Waals surface area contributed by atoms with Crippen molar-refractivity contribution in [2.45, 2.75) is 233 Å². The molecule has 0 fully saturated rings. The SMILES string of the molecule is CCCCCCCCCCn1cc(CCCCCCCCCOC(=O)c2cc(OCCCCCC(=O)NCCCCCC)cc(OCCCCCC(=O)NCCCCCC)c2)nn1. The molecule has 11 nitrogen and oxygen atoms in total. The monoisotopic (exact) mass is 882 g/mol. The lowest BCUT2D eigenvalue weighted by atomic mass is 10.1. The minimum atomic E-state index is -0.374. The summed E-state index contributed by atoms with van der Waals surface area (Å²) in [6, 6.07) is 5.30. The molecule has 1 heterocycles. The number of esters is 1. The minimum Gasteiger partial charge on any atom is -0.493 e. The average molecular weight is 882 g/mol. The zero-order chi connectivity index (χ0) is 45.3. The fourth-order valence-electron chi connectivity index (χ4n) is 7.61. The molecule has 63 heavy (non-hydrogen) atoms. The van der Waals surface area contributed by atoms with E-state index in [1.54, 1.807) is 12.1 Å². The fraction of sp³-hybridized carbons (Fsp3) is 0.788. The van der Waals surface area contributed by atoms with Crippen LogP contribution in [0, 0.1) is 0 Å². The van der Waals surface area contributed by atoms with Crippen LogP contribution >= 0.6 is 0 Å². The van der Waals surface area contributed by atoms with Gasteiger partial charge in [0.1, 0.15) is 11.5 Å². The lowest BCUT2D eigenvalue weighted by Gasteiger charge is -2.13. The molecule has 0 aliphatic heterocycles. The summed E-state index contributed by atoms with van der Waals surface area (Å²) in [7, 11) is 0. The Kier molecular flexibility index (Phi) is 35.2. The number of unbranched alkanes of at least 4 members (excludes halogenated alkanes) is 23. The highest BCUT2D eigenvalue weighted by molar-refractivity contribution is 5.90. The topological polar surface area (TPSA) is 134 Å². The molecule has 1 aromatic heterocycles. The molecule has 0 unspecified atom stereocenters. The molecule has 0 bridgehead atoms. The summed E-state index contributed by atoms with van der Waals surface area (Å²) in [5.74, 6) is 1.01. The summed E-state index contributed by atoms with van der Waals surface area (Å²) in [4.78, 5) is 37.5. The third-order valence-electron chi connectivity index (χ3n) is 11.6. The van der Waals surface area contributed by atoms with Crippen LogP contribution in [0.15, 0.2) is 24.4 Å². The number of nitrogens with zero attached hydrogens (tertiary/aromatic N) is 3. The molecular weight excluding hydrogens is 791 g/mol. The van der Waals surface area contributed by atoms with Crippen LogP contribution in [0.5, 0.6) is 11.5 Å². The van der Waals surface area contributed by atoms with E-state index in [4.69, 9.17) is 14.2 Å². The van der Waals surface area contributed by atoms with Gasteiger partial charge < -0.3 is 24.8 Å². The van der Waals surface area contributed by atoms with Gasteiger partial charge in [0, 0.05) is 44.7 Å². The summed E-state index contributed by atoms with van der Waals surface area (Å²) in [5, 5.41) is 14.8. The number of rotatable bonds is 44. The van der Waals surface area contributed by atoms with Crippen molar-refractivity contribution in [3.63, 3.8) is 0 Å². The maximum Gasteiger partial charge on any atom is 0.338 e. The molecule has 0 atom stereocenters. The van der Waals surface area contributed by atoms with E-state index in [1.165, 1.54) is 96.3 Å². The first-order chi connectivity index (χ1) is 30.9. The first-order valence-corrected chi connectivity index (χ1v) is 25.9. The molecule has 1 aromatic carbocycles. The van der Waals surface area contributed by atoms with Gasteiger partial charge in [0.15, 0.2) is 0 Å². The predicted molar refractivity (Wildman–Crippen MR) is 258 cm³/mol. The molecule has 0 spiro atoms. The Hall–Kier alpha value is -3.63. The highest BCUT2D eigenvalue weighted by atomic mass is 16.5. The van der Waals surface area contributed by atoms with Crippen LogP contribution in [0.4, 0.5) is 0 Å². The van der Waals surface area contributed by atoms with Crippen molar-refractivity contribution in [1.82, 2.24) is 25.6 Å². The largest absolute Gasteiger partial charge is 0.493 e. The second-order valence-corrected chi connectivity index (χ2v) is 17.6. The van der Waals surface area contributed by atoms with Crippen LogP contribution in [0.25, 0.3) is 0 Å². The van der Waals surface area contributed by atoms with E-state index < -0.39 is 0 Å². The summed E-state index contributed by atoms with van der Waals surface area (Å²) >= 11 is 0. The van der Waals surface area contributed by atoms with Gasteiger partial charge in [-0.15, -0.1) is 5.10 Å². The van der Waals surface area contributed by atoms with Gasteiger partial charge in [0.25, 0.3) is 0 Å². The van der Waals surface area contributed by atoms with E-state index in [2.05, 4.69) is 47.9 Å². The van der Waals surface area contributed by atoms with Crippen molar-refractivity contribution in [2.75, 3.05) is 32.9 Å². The van der Waals surface area contributed by atoms with E-state index in [0.717, 1.165) is 122 Å². The zero-order valence-corrected chi connectivity index (χ0v) is 40.5. The summed E-state index contributed by atoms with van der Waals surface area (Å²) in [6.45, 7) is 10.5. The van der Waals surface area contributed by atoms with Crippen LogP contribution < -0.4 is 20.1 Å². The van der Waals surface area contributed by atoms with Crippen LogP contribution in [-0.4, -0.2) is 65.7 Å². The number of aryl methyl sites for hydroxylation is 2. The van der Waals surface area contributed by atoms with Crippen molar-refractivity contribution in [1.29, 1.82) is 0 Å². The van der Waals surface area contributed by atoms with Crippen LogP contribution in [0.1, 0.15) is 236 Å². The van der Waals surface area contributed by atoms with Crippen molar-refractivity contribution in [2.24, 2.45) is 0 Å². The van der Waals surface area contributed by atoms with Crippen LogP contribution in [-0.2, 0) is 27.3 Å². The van der Waals surface area contributed by atoms with Crippen LogP contribution in [0.3, 0.4) is 0 Å². The number of benzene rings is 1. The number of nitrogens with one attached hydrogen (secondary N) is 2. The Labute approximate surface area is 383 Å². The average Bonchev–Trinajstić information content (AvgIpc) is 3.74. The van der Waals surface area contributed by atoms with E-state index >= 15 is 0 Å². The Bertz CT molecular complexity index is 1360. The van der Waals surface area contributed by atoms with Crippen molar-refractivity contribution in [3.05, 3.63) is 35.7 Å². The highest BCUT2D eigenvalue weighted by Crippen LogP contribution is 2.25. The fourth-order valence-corrected chi connectivity index (χ4v) is 7.61. The third-order valence-corrected chi connectivity index (χ3v) is 11.6. The molecule has 360 valence electrons. The number of hydrogen-bond donors (Lipinski definition) is 2. The number of carbonyl (C=O) groups excluding carboxylic acids is 3. The maximum absolute atomic E-state index is 13.2. The Morgan fingerprint density at radius 3 is 1.49 bits per heavy atom. The van der Waals surface area contributed by atoms with Gasteiger partial charge in [-0.05, 0) is 89.2 Å². The number of carbonyl (C=O) groups is 3. The van der Waals surface area contributed by atoms with Gasteiger partial charge in [-0.2, -0.15) is 0 Å². The van der Waals surface area contributed by atoms with E-state index in [9.17, 15) is 14.4 Å². The second-order valence-electron chi connectivity index (χ2n) is 17.6. The molecule has 2 aromatic rings. The lowest BCUT2D eigenvalue weighted by Crippen LogP contribution is -2.23. The number of amides is 2. The van der Waals surface area contributed by atoms with E-state index in [0.29, 0.717) is 49.7 Å². The number of hydrogen-bond acceptors (Lipinski definition) is 8. The van der Waals surface area contributed by atoms with Crippen molar-refractivity contribution >= 4 is 17.8 Å². The molecule has 0 saturated heterocycles. The van der Waals surface area contributed by atoms with E-state index in [1.807, 2.05) is 10.7 Å². The molecule has 0 saturated carbocycles. The highest BCUT2D eigenvalue weighted by Gasteiger charge is 2.13. The first-order valence-electron chi connectivity index (χ1n) is 25.9. The molecule has 2 rings (SSSR count). The Balaban J connectivity index is 1.67. The summed E-state index contributed by atoms with van der Waals surface area (Å²) < 4.78 is 19.9.